The molecule has 0 aliphatic rings. The second kappa shape index (κ2) is 5.55. The zero-order valence-electron chi connectivity index (χ0n) is 10.0. The van der Waals surface area contributed by atoms with Crippen LogP contribution in [0.25, 0.3) is 0 Å². The summed E-state index contributed by atoms with van der Waals surface area (Å²) in [5, 5.41) is 0. The molecule has 2 aromatic rings. The lowest BCUT2D eigenvalue weighted by molar-refractivity contribution is 0.280. The Morgan fingerprint density at radius 1 is 1.33 bits per heavy atom. The van der Waals surface area contributed by atoms with Gasteiger partial charge in [-0.25, -0.2) is 14.4 Å². The van der Waals surface area contributed by atoms with E-state index in [1.165, 1.54) is 6.07 Å². The summed E-state index contributed by atoms with van der Waals surface area (Å²) in [6.07, 6.45) is 3.22. The fourth-order valence-electron chi connectivity index (χ4n) is 1.46. The van der Waals surface area contributed by atoms with Crippen LogP contribution in [0.15, 0.2) is 36.7 Å². The van der Waals surface area contributed by atoms with E-state index in [1.807, 2.05) is 0 Å². The van der Waals surface area contributed by atoms with E-state index in [0.29, 0.717) is 5.82 Å². The molecule has 0 aliphatic carbocycles. The van der Waals surface area contributed by atoms with Crippen LogP contribution in [-0.4, -0.2) is 9.97 Å². The van der Waals surface area contributed by atoms with Gasteiger partial charge < -0.3 is 10.5 Å². The van der Waals surface area contributed by atoms with Gasteiger partial charge in [-0.2, -0.15) is 0 Å². The molecule has 0 unspecified atom stereocenters. The number of halogens is 1. The molecule has 94 valence electrons. The van der Waals surface area contributed by atoms with Gasteiger partial charge in [0.25, 0.3) is 0 Å². The maximum Gasteiger partial charge on any atom is 0.166 e. The summed E-state index contributed by atoms with van der Waals surface area (Å²) in [6.45, 7) is 1.93. The molecule has 0 radical (unpaired) electrons. The van der Waals surface area contributed by atoms with Gasteiger partial charge in [-0.15, -0.1) is 0 Å². The largest absolute Gasteiger partial charge is 0.483 e. The number of ether oxygens (including phenoxy) is 1. The van der Waals surface area contributed by atoms with Gasteiger partial charge in [-0.3, -0.25) is 0 Å². The van der Waals surface area contributed by atoms with Crippen LogP contribution >= 0.6 is 0 Å². The van der Waals surface area contributed by atoms with E-state index in [4.69, 9.17) is 10.5 Å². The Morgan fingerprint density at radius 2 is 2.06 bits per heavy atom. The van der Waals surface area contributed by atoms with Gasteiger partial charge in [0.1, 0.15) is 6.61 Å². The van der Waals surface area contributed by atoms with Crippen LogP contribution in [0.5, 0.6) is 5.75 Å². The van der Waals surface area contributed by atoms with Crippen molar-refractivity contribution in [3.8, 4) is 5.75 Å². The Kier molecular flexibility index (Phi) is 3.84. The van der Waals surface area contributed by atoms with Gasteiger partial charge in [-0.05, 0) is 30.7 Å². The molecule has 0 amide bonds. The van der Waals surface area contributed by atoms with Gasteiger partial charge in [-0.1, -0.05) is 6.07 Å². The summed E-state index contributed by atoms with van der Waals surface area (Å²) in [7, 11) is 0. The number of hydrogen-bond donors (Lipinski definition) is 1. The van der Waals surface area contributed by atoms with Crippen LogP contribution in [0.3, 0.4) is 0 Å². The lowest BCUT2D eigenvalue weighted by atomic mass is 10.1. The van der Waals surface area contributed by atoms with E-state index in [-0.39, 0.29) is 18.4 Å². The van der Waals surface area contributed by atoms with E-state index in [0.717, 1.165) is 5.56 Å². The Labute approximate surface area is 105 Å². The Balaban J connectivity index is 2.06. The highest BCUT2D eigenvalue weighted by atomic mass is 19.1. The molecule has 1 heterocycles. The van der Waals surface area contributed by atoms with Gasteiger partial charge in [0, 0.05) is 18.4 Å². The third-order valence-electron chi connectivity index (χ3n) is 2.46. The SMILES string of the molecule is C[C@@H](N)c1ccc(OCc2ncccn2)c(F)c1. The zero-order valence-corrected chi connectivity index (χ0v) is 10.0. The molecular formula is C13H14FN3O. The third-order valence-corrected chi connectivity index (χ3v) is 2.46. The van der Waals surface area contributed by atoms with E-state index in [2.05, 4.69) is 9.97 Å². The summed E-state index contributed by atoms with van der Waals surface area (Å²) in [5.41, 5.74) is 6.40. The number of aromatic nitrogens is 2. The van der Waals surface area contributed by atoms with Crippen molar-refractivity contribution in [1.29, 1.82) is 0 Å². The molecule has 18 heavy (non-hydrogen) atoms. The topological polar surface area (TPSA) is 61.0 Å². The molecule has 0 fully saturated rings. The predicted molar refractivity (Wildman–Crippen MR) is 65.4 cm³/mol. The number of hydrogen-bond acceptors (Lipinski definition) is 4. The van der Waals surface area contributed by atoms with E-state index >= 15 is 0 Å². The lowest BCUT2D eigenvalue weighted by Crippen LogP contribution is -2.06. The number of rotatable bonds is 4. The van der Waals surface area contributed by atoms with Gasteiger partial charge in [0.2, 0.25) is 0 Å². The van der Waals surface area contributed by atoms with Crippen molar-refractivity contribution in [2.45, 2.75) is 19.6 Å². The number of nitrogens with two attached hydrogens (primary N) is 1. The van der Waals surface area contributed by atoms with Crippen molar-refractivity contribution in [2.24, 2.45) is 5.73 Å². The molecular weight excluding hydrogens is 233 g/mol. The normalized spacial score (nSPS) is 12.2. The van der Waals surface area contributed by atoms with Crippen LogP contribution in [0.2, 0.25) is 0 Å². The van der Waals surface area contributed by atoms with Crippen LogP contribution in [-0.2, 0) is 6.61 Å². The smallest absolute Gasteiger partial charge is 0.166 e. The fourth-order valence-corrected chi connectivity index (χ4v) is 1.46. The van der Waals surface area contributed by atoms with Crippen molar-refractivity contribution in [3.05, 3.63) is 53.9 Å². The van der Waals surface area contributed by atoms with Crippen LogP contribution in [0.1, 0.15) is 24.4 Å². The Morgan fingerprint density at radius 3 is 2.67 bits per heavy atom. The van der Waals surface area contributed by atoms with Crippen molar-refractivity contribution in [3.63, 3.8) is 0 Å². The van der Waals surface area contributed by atoms with Crippen LogP contribution in [0.4, 0.5) is 4.39 Å². The first-order valence-electron chi connectivity index (χ1n) is 5.60. The zero-order chi connectivity index (χ0) is 13.0. The van der Waals surface area contributed by atoms with Crippen LogP contribution < -0.4 is 10.5 Å². The highest BCUT2D eigenvalue weighted by Crippen LogP contribution is 2.21. The monoisotopic (exact) mass is 247 g/mol. The van der Waals surface area contributed by atoms with E-state index in [1.54, 1.807) is 37.5 Å². The predicted octanol–water partition coefficient (Wildman–Crippen LogP) is 2.21. The highest BCUT2D eigenvalue weighted by Gasteiger charge is 2.07. The van der Waals surface area contributed by atoms with Crippen molar-refractivity contribution < 1.29 is 9.13 Å². The molecule has 1 atom stereocenters. The minimum absolute atomic E-state index is 0.134. The summed E-state index contributed by atoms with van der Waals surface area (Å²) in [4.78, 5) is 7.98. The second-order valence-electron chi connectivity index (χ2n) is 3.93. The minimum atomic E-state index is -0.430. The van der Waals surface area contributed by atoms with Crippen molar-refractivity contribution in [2.75, 3.05) is 0 Å². The number of nitrogens with zero attached hydrogens (tertiary/aromatic N) is 2. The van der Waals surface area contributed by atoms with E-state index in [9.17, 15) is 4.39 Å². The number of benzene rings is 1. The molecule has 0 aliphatic heterocycles. The Bertz CT molecular complexity index is 517. The first-order chi connectivity index (χ1) is 8.66. The third kappa shape index (κ3) is 3.01. The van der Waals surface area contributed by atoms with E-state index < -0.39 is 5.82 Å². The molecule has 0 spiro atoms. The first kappa shape index (κ1) is 12.4. The average Bonchev–Trinajstić information content (AvgIpc) is 2.38. The summed E-state index contributed by atoms with van der Waals surface area (Å²) in [6, 6.07) is 6.20. The molecule has 1 aromatic heterocycles. The minimum Gasteiger partial charge on any atom is -0.483 e. The first-order valence-corrected chi connectivity index (χ1v) is 5.60. The second-order valence-corrected chi connectivity index (χ2v) is 3.93. The summed E-state index contributed by atoms with van der Waals surface area (Å²) >= 11 is 0. The van der Waals surface area contributed by atoms with Crippen LogP contribution in [0, 0.1) is 5.82 Å². The molecule has 0 bridgehead atoms. The lowest BCUT2D eigenvalue weighted by Gasteiger charge is -2.09. The van der Waals surface area contributed by atoms with Gasteiger partial charge in [0.15, 0.2) is 17.4 Å². The highest BCUT2D eigenvalue weighted by molar-refractivity contribution is 5.30. The quantitative estimate of drug-likeness (QED) is 0.899. The maximum atomic E-state index is 13.7. The molecule has 1 aromatic carbocycles. The van der Waals surface area contributed by atoms with Gasteiger partial charge in [0.05, 0.1) is 0 Å². The molecule has 0 saturated heterocycles. The standard InChI is InChI=1S/C13H14FN3O/c1-9(15)10-3-4-12(11(14)7-10)18-8-13-16-5-2-6-17-13/h2-7,9H,8,15H2,1H3/t9-/m1/s1. The Hall–Kier alpha value is -2.01. The molecule has 5 heteroatoms. The molecule has 2 rings (SSSR count). The summed E-state index contributed by atoms with van der Waals surface area (Å²) < 4.78 is 19.0. The fraction of sp³-hybridized carbons (Fsp3) is 0.231. The molecule has 4 nitrogen and oxygen atoms in total. The van der Waals surface area contributed by atoms with Crippen molar-refractivity contribution >= 4 is 0 Å². The summed E-state index contributed by atoms with van der Waals surface area (Å²) in [5.74, 6) is 0.251. The average molecular weight is 247 g/mol. The van der Waals surface area contributed by atoms with Gasteiger partial charge >= 0.3 is 0 Å². The molecule has 0 saturated carbocycles. The molecule has 2 N–H and O–H groups in total. The van der Waals surface area contributed by atoms with Crippen molar-refractivity contribution in [1.82, 2.24) is 9.97 Å². The maximum absolute atomic E-state index is 13.7.